The number of carbonyl (C=O) groups excluding carboxylic acids is 1. The fraction of sp³-hybridized carbons (Fsp3) is 0.400. The summed E-state index contributed by atoms with van der Waals surface area (Å²) in [5.74, 6) is -0.212. The van der Waals surface area contributed by atoms with Gasteiger partial charge in [0, 0.05) is 32.7 Å². The zero-order valence-electron chi connectivity index (χ0n) is 5.92. The first-order valence-corrected chi connectivity index (χ1v) is 2.66. The van der Waals surface area contributed by atoms with Crippen molar-refractivity contribution in [1.29, 1.82) is 0 Å². The summed E-state index contributed by atoms with van der Waals surface area (Å²) < 4.78 is 0. The molecule has 0 aromatic rings. The molecule has 0 heterocycles. The number of hydrogen-bond acceptors (Lipinski definition) is 2. The average molecular weight is 213 g/mol. The number of amides is 1. The Labute approximate surface area is 88.0 Å². The molecule has 0 spiro atoms. The van der Waals surface area contributed by atoms with E-state index in [1.807, 2.05) is 0 Å². The van der Waals surface area contributed by atoms with Crippen LogP contribution in [-0.4, -0.2) is 20.2 Å². The second-order valence-corrected chi connectivity index (χ2v) is 1.34. The van der Waals surface area contributed by atoms with Gasteiger partial charge in [0.15, 0.2) is 0 Å². The Kier molecular flexibility index (Phi) is 12.4. The molecule has 2 N–H and O–H groups in total. The Balaban J connectivity index is 0. The van der Waals surface area contributed by atoms with E-state index in [0.29, 0.717) is 0 Å². The molecule has 0 aliphatic heterocycles. The zero-order valence-corrected chi connectivity index (χ0v) is 8.76. The molecule has 3 nitrogen and oxygen atoms in total. The van der Waals surface area contributed by atoms with Crippen molar-refractivity contribution in [2.45, 2.75) is 6.92 Å². The van der Waals surface area contributed by atoms with E-state index in [0.717, 1.165) is 0 Å². The monoisotopic (exact) mass is 213 g/mol. The predicted molar refractivity (Wildman–Crippen MR) is 36.2 cm³/mol. The number of hydrogen-bond donors (Lipinski definition) is 2. The van der Waals surface area contributed by atoms with Gasteiger partial charge in [0.05, 0.1) is 13.8 Å². The van der Waals surface area contributed by atoms with Crippen molar-refractivity contribution in [3.63, 3.8) is 0 Å². The topological polar surface area (TPSA) is 41.1 Å². The molecule has 0 fully saturated rings. The molecule has 0 atom stereocenters. The standard InChI is InChI=1S/C5H9BN2O.Y/c1-2-7-3-5(9)8-4-6;/h2-3,7H,4H2,1H3,(H,8,9);/q-2;. The maximum Gasteiger partial charge on any atom is 0.0939 e. The molecule has 0 rings (SSSR count). The van der Waals surface area contributed by atoms with E-state index in [1.165, 1.54) is 6.54 Å². The molecule has 0 aromatic carbocycles. The molecule has 0 aliphatic rings. The van der Waals surface area contributed by atoms with Gasteiger partial charge in [0.1, 0.15) is 0 Å². The van der Waals surface area contributed by atoms with Crippen LogP contribution < -0.4 is 10.6 Å². The smallest absolute Gasteiger partial charge is 0.0939 e. The van der Waals surface area contributed by atoms with Crippen LogP contribution in [0, 0.1) is 13.1 Å². The molecule has 10 heavy (non-hydrogen) atoms. The molecular formula is C5H9BN2OY-2. The van der Waals surface area contributed by atoms with Crippen molar-refractivity contribution >= 4 is 13.8 Å². The maximum absolute atomic E-state index is 10.5. The van der Waals surface area contributed by atoms with Crippen molar-refractivity contribution in [3.05, 3.63) is 13.1 Å². The van der Waals surface area contributed by atoms with Crippen molar-refractivity contribution in [2.75, 3.05) is 6.44 Å². The molecule has 0 saturated heterocycles. The van der Waals surface area contributed by atoms with Crippen LogP contribution in [0.1, 0.15) is 6.92 Å². The first kappa shape index (κ1) is 13.1. The second-order valence-electron chi connectivity index (χ2n) is 1.34. The molecular weight excluding hydrogens is 204 g/mol. The van der Waals surface area contributed by atoms with E-state index in [-0.39, 0.29) is 45.1 Å². The summed E-state index contributed by atoms with van der Waals surface area (Å²) in [4.78, 5) is 10.5. The van der Waals surface area contributed by atoms with Crippen LogP contribution in [-0.2, 0) is 37.5 Å². The molecule has 0 unspecified atom stereocenters. The van der Waals surface area contributed by atoms with Crippen LogP contribution >= 0.6 is 0 Å². The van der Waals surface area contributed by atoms with Gasteiger partial charge in [-0.05, 0) is 6.44 Å². The van der Waals surface area contributed by atoms with E-state index in [4.69, 9.17) is 7.85 Å². The van der Waals surface area contributed by atoms with Gasteiger partial charge >= 0.3 is 0 Å². The van der Waals surface area contributed by atoms with Gasteiger partial charge in [-0.3, -0.25) is 6.54 Å². The molecule has 5 heteroatoms. The second kappa shape index (κ2) is 9.47. The quantitative estimate of drug-likeness (QED) is 0.472. The summed E-state index contributed by atoms with van der Waals surface area (Å²) in [6.45, 7) is 4.73. The van der Waals surface area contributed by atoms with Crippen LogP contribution in [0.4, 0.5) is 0 Å². The summed E-state index contributed by atoms with van der Waals surface area (Å²) >= 11 is 0. The van der Waals surface area contributed by atoms with Gasteiger partial charge in [0.2, 0.25) is 0 Å². The summed E-state index contributed by atoms with van der Waals surface area (Å²) in [6.07, 6.45) is 0.167. The van der Waals surface area contributed by atoms with Gasteiger partial charge in [-0.25, -0.2) is 0 Å². The van der Waals surface area contributed by atoms with Crippen LogP contribution in [0.2, 0.25) is 0 Å². The van der Waals surface area contributed by atoms with E-state index in [9.17, 15) is 4.79 Å². The summed E-state index contributed by atoms with van der Waals surface area (Å²) in [5, 5.41) is 5.00. The van der Waals surface area contributed by atoms with Crippen LogP contribution in [0.15, 0.2) is 0 Å². The summed E-state index contributed by atoms with van der Waals surface area (Å²) in [5.41, 5.74) is 0. The summed E-state index contributed by atoms with van der Waals surface area (Å²) in [7, 11) is 5.01. The fourth-order valence-electron chi connectivity index (χ4n) is 0.311. The predicted octanol–water partition coefficient (Wildman–Crippen LogP) is -0.841. The van der Waals surface area contributed by atoms with E-state index in [1.54, 1.807) is 13.5 Å². The Morgan fingerprint density at radius 1 is 1.70 bits per heavy atom. The number of carbonyl (C=O) groups is 1. The largest absolute Gasteiger partial charge is 0.598 e. The van der Waals surface area contributed by atoms with Gasteiger partial charge < -0.3 is 22.0 Å². The molecule has 0 saturated carbocycles. The number of rotatable bonds is 4. The van der Waals surface area contributed by atoms with E-state index >= 15 is 0 Å². The Morgan fingerprint density at radius 2 is 2.30 bits per heavy atom. The molecule has 0 aliphatic carbocycles. The average Bonchev–Trinajstić information content (AvgIpc) is 1.85. The van der Waals surface area contributed by atoms with Crippen molar-refractivity contribution in [3.8, 4) is 0 Å². The minimum absolute atomic E-state index is 0. The van der Waals surface area contributed by atoms with Gasteiger partial charge in [-0.15, -0.1) is 0 Å². The van der Waals surface area contributed by atoms with Crippen molar-refractivity contribution in [2.24, 2.45) is 0 Å². The Hall–Kier alpha value is 0.469. The van der Waals surface area contributed by atoms with Gasteiger partial charge in [-0.1, -0.05) is 0 Å². The minimum Gasteiger partial charge on any atom is -0.598 e. The zero-order chi connectivity index (χ0) is 7.11. The van der Waals surface area contributed by atoms with Gasteiger partial charge in [-0.2, -0.15) is 6.92 Å². The van der Waals surface area contributed by atoms with Gasteiger partial charge in [0.25, 0.3) is 0 Å². The van der Waals surface area contributed by atoms with E-state index < -0.39 is 0 Å². The van der Waals surface area contributed by atoms with Crippen LogP contribution in [0.3, 0.4) is 0 Å². The SMILES string of the molecule is [B]CNC(=O)[CH-]N[CH-]C.[Y]. The number of nitrogens with one attached hydrogen (secondary N) is 2. The first-order valence-electron chi connectivity index (χ1n) is 2.66. The maximum atomic E-state index is 10.5. The third-order valence-electron chi connectivity index (χ3n) is 0.657. The molecule has 0 aromatic heterocycles. The Bertz CT molecular complexity index is 91.7. The minimum atomic E-state index is -0.212. The van der Waals surface area contributed by atoms with Crippen LogP contribution in [0.25, 0.3) is 0 Å². The van der Waals surface area contributed by atoms with E-state index in [2.05, 4.69) is 10.6 Å². The third kappa shape index (κ3) is 8.47. The normalized spacial score (nSPS) is 7.70. The molecule has 0 bridgehead atoms. The molecule has 3 radical (unpaired) electrons. The van der Waals surface area contributed by atoms with Crippen LogP contribution in [0.5, 0.6) is 0 Å². The molecule has 53 valence electrons. The first-order chi connectivity index (χ1) is 4.31. The van der Waals surface area contributed by atoms with Crippen molar-refractivity contribution in [1.82, 2.24) is 10.6 Å². The molecule has 1 amide bonds. The fourth-order valence-corrected chi connectivity index (χ4v) is 0.311. The Morgan fingerprint density at radius 3 is 2.70 bits per heavy atom. The van der Waals surface area contributed by atoms with Crippen molar-refractivity contribution < 1.29 is 37.5 Å². The third-order valence-corrected chi connectivity index (χ3v) is 0.657. The summed E-state index contributed by atoms with van der Waals surface area (Å²) in [6, 6.07) is 0.